The van der Waals surface area contributed by atoms with E-state index in [1.165, 1.54) is 0 Å². The smallest absolute Gasteiger partial charge is 0.122 e. The molecular formula is C13H22N2O. The fourth-order valence-electron chi connectivity index (χ4n) is 1.67. The van der Waals surface area contributed by atoms with Gasteiger partial charge in [-0.25, -0.2) is 0 Å². The summed E-state index contributed by atoms with van der Waals surface area (Å²) in [5.41, 5.74) is 14.0. The molecule has 4 N–H and O–H groups in total. The van der Waals surface area contributed by atoms with Crippen molar-refractivity contribution in [1.82, 2.24) is 0 Å². The van der Waals surface area contributed by atoms with Crippen LogP contribution in [0.4, 0.5) is 0 Å². The van der Waals surface area contributed by atoms with Crippen molar-refractivity contribution in [2.45, 2.75) is 26.8 Å². The molecule has 0 aliphatic carbocycles. The molecule has 0 aromatic heterocycles. The second-order valence-electron chi connectivity index (χ2n) is 4.20. The monoisotopic (exact) mass is 222 g/mol. The molecule has 0 aliphatic rings. The standard InChI is InChI=1S/C13H22N2O/c1-4-16-12-6-5-11(7-9(12)2)13(15)10(3)8-14/h5-7,10,13H,4,8,14-15H2,1-3H3. The van der Waals surface area contributed by atoms with Crippen LogP contribution >= 0.6 is 0 Å². The van der Waals surface area contributed by atoms with Gasteiger partial charge in [0.05, 0.1) is 6.61 Å². The van der Waals surface area contributed by atoms with E-state index in [2.05, 4.69) is 13.0 Å². The highest BCUT2D eigenvalue weighted by molar-refractivity contribution is 5.37. The summed E-state index contributed by atoms with van der Waals surface area (Å²) in [5, 5.41) is 0. The highest BCUT2D eigenvalue weighted by Crippen LogP contribution is 2.25. The normalized spacial score (nSPS) is 14.6. The van der Waals surface area contributed by atoms with Gasteiger partial charge in [0.2, 0.25) is 0 Å². The Morgan fingerprint density at radius 1 is 1.38 bits per heavy atom. The molecule has 0 saturated heterocycles. The first-order valence-corrected chi connectivity index (χ1v) is 5.79. The number of aryl methyl sites for hydroxylation is 1. The van der Waals surface area contributed by atoms with Crippen LogP contribution in [-0.2, 0) is 0 Å². The Morgan fingerprint density at radius 2 is 2.06 bits per heavy atom. The number of rotatable bonds is 5. The Bertz CT molecular complexity index is 339. The Labute approximate surface area is 97.8 Å². The van der Waals surface area contributed by atoms with Gasteiger partial charge in [0.15, 0.2) is 0 Å². The largest absolute Gasteiger partial charge is 0.494 e. The molecule has 1 aromatic carbocycles. The Balaban J connectivity index is 2.87. The van der Waals surface area contributed by atoms with Crippen LogP contribution in [0, 0.1) is 12.8 Å². The van der Waals surface area contributed by atoms with Crippen molar-refractivity contribution in [3.63, 3.8) is 0 Å². The van der Waals surface area contributed by atoms with E-state index in [1.54, 1.807) is 0 Å². The highest BCUT2D eigenvalue weighted by atomic mass is 16.5. The van der Waals surface area contributed by atoms with Gasteiger partial charge in [-0.2, -0.15) is 0 Å². The molecule has 0 bridgehead atoms. The summed E-state index contributed by atoms with van der Waals surface area (Å²) in [6, 6.07) is 6.09. The minimum absolute atomic E-state index is 0.000577. The van der Waals surface area contributed by atoms with Crippen LogP contribution in [0.5, 0.6) is 5.75 Å². The lowest BCUT2D eigenvalue weighted by Gasteiger charge is -2.19. The van der Waals surface area contributed by atoms with Crippen molar-refractivity contribution in [3.05, 3.63) is 29.3 Å². The number of benzene rings is 1. The van der Waals surface area contributed by atoms with Crippen molar-refractivity contribution in [2.24, 2.45) is 17.4 Å². The zero-order valence-corrected chi connectivity index (χ0v) is 10.4. The summed E-state index contributed by atoms with van der Waals surface area (Å²) in [5.74, 6) is 1.22. The third-order valence-electron chi connectivity index (χ3n) is 2.87. The second kappa shape index (κ2) is 5.87. The van der Waals surface area contributed by atoms with Gasteiger partial charge in [0.25, 0.3) is 0 Å². The molecule has 16 heavy (non-hydrogen) atoms. The third kappa shape index (κ3) is 2.97. The number of ether oxygens (including phenoxy) is 1. The number of hydrogen-bond donors (Lipinski definition) is 2. The molecule has 0 aliphatic heterocycles. The highest BCUT2D eigenvalue weighted by Gasteiger charge is 2.14. The summed E-state index contributed by atoms with van der Waals surface area (Å²) in [4.78, 5) is 0. The lowest BCUT2D eigenvalue weighted by atomic mass is 9.94. The molecule has 0 amide bonds. The fraction of sp³-hybridized carbons (Fsp3) is 0.538. The molecule has 2 unspecified atom stereocenters. The molecule has 90 valence electrons. The zero-order chi connectivity index (χ0) is 12.1. The van der Waals surface area contributed by atoms with Crippen LogP contribution in [0.1, 0.15) is 31.0 Å². The van der Waals surface area contributed by atoms with E-state index in [4.69, 9.17) is 16.2 Å². The lowest BCUT2D eigenvalue weighted by molar-refractivity contribution is 0.337. The van der Waals surface area contributed by atoms with Crippen LogP contribution < -0.4 is 16.2 Å². The maximum atomic E-state index is 6.12. The molecule has 0 fully saturated rings. The summed E-state index contributed by atoms with van der Waals surface area (Å²) < 4.78 is 5.49. The molecule has 2 atom stereocenters. The van der Waals surface area contributed by atoms with E-state index >= 15 is 0 Å². The molecule has 1 rings (SSSR count). The van der Waals surface area contributed by atoms with E-state index < -0.39 is 0 Å². The van der Waals surface area contributed by atoms with Gasteiger partial charge in [-0.05, 0) is 43.5 Å². The summed E-state index contributed by atoms with van der Waals surface area (Å²) in [6.07, 6.45) is 0. The van der Waals surface area contributed by atoms with E-state index in [9.17, 15) is 0 Å². The van der Waals surface area contributed by atoms with Gasteiger partial charge in [-0.3, -0.25) is 0 Å². The van der Waals surface area contributed by atoms with Crippen LogP contribution in [0.2, 0.25) is 0 Å². The van der Waals surface area contributed by atoms with E-state index in [-0.39, 0.29) is 12.0 Å². The molecule has 0 saturated carbocycles. The number of hydrogen-bond acceptors (Lipinski definition) is 3. The van der Waals surface area contributed by atoms with Crippen molar-refractivity contribution in [1.29, 1.82) is 0 Å². The van der Waals surface area contributed by atoms with Crippen LogP contribution in [0.15, 0.2) is 18.2 Å². The third-order valence-corrected chi connectivity index (χ3v) is 2.87. The van der Waals surface area contributed by atoms with Crippen molar-refractivity contribution in [3.8, 4) is 5.75 Å². The fourth-order valence-corrected chi connectivity index (χ4v) is 1.67. The van der Waals surface area contributed by atoms with Gasteiger partial charge < -0.3 is 16.2 Å². The molecule has 1 aromatic rings. The molecule has 0 heterocycles. The molecule has 0 spiro atoms. The van der Waals surface area contributed by atoms with Crippen LogP contribution in [0.25, 0.3) is 0 Å². The van der Waals surface area contributed by atoms with Crippen molar-refractivity contribution >= 4 is 0 Å². The summed E-state index contributed by atoms with van der Waals surface area (Å²) in [7, 11) is 0. The van der Waals surface area contributed by atoms with E-state index in [0.717, 1.165) is 16.9 Å². The van der Waals surface area contributed by atoms with Crippen molar-refractivity contribution in [2.75, 3.05) is 13.2 Å². The van der Waals surface area contributed by atoms with Gasteiger partial charge in [-0.1, -0.05) is 19.1 Å². The van der Waals surface area contributed by atoms with Gasteiger partial charge in [0.1, 0.15) is 5.75 Å². The first kappa shape index (κ1) is 13.0. The lowest BCUT2D eigenvalue weighted by Crippen LogP contribution is -2.25. The topological polar surface area (TPSA) is 61.3 Å². The predicted octanol–water partition coefficient (Wildman–Crippen LogP) is 1.99. The molecular weight excluding hydrogens is 200 g/mol. The molecule has 3 heteroatoms. The second-order valence-corrected chi connectivity index (χ2v) is 4.20. The molecule has 0 radical (unpaired) electrons. The van der Waals surface area contributed by atoms with Crippen LogP contribution in [-0.4, -0.2) is 13.2 Å². The predicted molar refractivity (Wildman–Crippen MR) is 67.5 cm³/mol. The Kier molecular flexibility index (Phi) is 4.77. The Morgan fingerprint density at radius 3 is 2.56 bits per heavy atom. The zero-order valence-electron chi connectivity index (χ0n) is 10.4. The Hall–Kier alpha value is -1.06. The molecule has 3 nitrogen and oxygen atoms in total. The maximum absolute atomic E-state index is 6.12. The van der Waals surface area contributed by atoms with E-state index in [0.29, 0.717) is 13.2 Å². The summed E-state index contributed by atoms with van der Waals surface area (Å²) >= 11 is 0. The quantitative estimate of drug-likeness (QED) is 0.801. The average molecular weight is 222 g/mol. The van der Waals surface area contributed by atoms with Crippen molar-refractivity contribution < 1.29 is 4.74 Å². The van der Waals surface area contributed by atoms with Gasteiger partial charge >= 0.3 is 0 Å². The maximum Gasteiger partial charge on any atom is 0.122 e. The summed E-state index contributed by atoms with van der Waals surface area (Å²) in [6.45, 7) is 7.37. The van der Waals surface area contributed by atoms with E-state index in [1.807, 2.05) is 26.0 Å². The van der Waals surface area contributed by atoms with Gasteiger partial charge in [0, 0.05) is 6.04 Å². The average Bonchev–Trinajstić information content (AvgIpc) is 2.30. The minimum atomic E-state index is -0.000577. The first-order valence-electron chi connectivity index (χ1n) is 5.79. The first-order chi connectivity index (χ1) is 7.60. The van der Waals surface area contributed by atoms with Crippen LogP contribution in [0.3, 0.4) is 0 Å². The van der Waals surface area contributed by atoms with Gasteiger partial charge in [-0.15, -0.1) is 0 Å². The SMILES string of the molecule is CCOc1ccc(C(N)C(C)CN)cc1C. The number of nitrogens with two attached hydrogens (primary N) is 2. The minimum Gasteiger partial charge on any atom is -0.494 e.